The number of benzene rings is 4. The van der Waals surface area contributed by atoms with Crippen LogP contribution in [0.1, 0.15) is 23.1 Å². The number of ether oxygens (including phenoxy) is 3. The standard InChI is InChI=1S/C35H37N3O5/c1-38(22-24-16-17-29(41-2)31(20-24)43-4)18-8-10-23-9-5-12-26(19-23)36-32(39)21-25-11-6-13-27-33(25)37-34-28(35(27)40)14-7-15-30(34)42-3/h5-7,9,11-17,19-20H,8,10,18,21-22H2,1-4H3,(H,36,39)(H,37,40). The Morgan fingerprint density at radius 2 is 1.51 bits per heavy atom. The summed E-state index contributed by atoms with van der Waals surface area (Å²) in [5.41, 5.74) is 4.99. The first-order valence-corrected chi connectivity index (χ1v) is 14.3. The molecule has 222 valence electrons. The van der Waals surface area contributed by atoms with Gasteiger partial charge < -0.3 is 29.4 Å². The number of methoxy groups -OCH3 is 3. The number of amides is 1. The predicted octanol–water partition coefficient (Wildman–Crippen LogP) is 5.95. The molecule has 2 N–H and O–H groups in total. The number of aromatic amines is 1. The number of para-hydroxylation sites is 2. The fourth-order valence-corrected chi connectivity index (χ4v) is 5.48. The van der Waals surface area contributed by atoms with Crippen LogP contribution in [0.15, 0.2) is 83.7 Å². The first-order chi connectivity index (χ1) is 20.9. The molecule has 0 fully saturated rings. The second-order valence-corrected chi connectivity index (χ2v) is 10.6. The molecule has 0 saturated carbocycles. The molecule has 0 radical (unpaired) electrons. The van der Waals surface area contributed by atoms with Gasteiger partial charge >= 0.3 is 0 Å². The maximum absolute atomic E-state index is 13.2. The van der Waals surface area contributed by atoms with Crippen molar-refractivity contribution in [2.24, 2.45) is 0 Å². The average molecular weight is 580 g/mol. The molecule has 1 aromatic heterocycles. The predicted molar refractivity (Wildman–Crippen MR) is 172 cm³/mol. The van der Waals surface area contributed by atoms with Crippen molar-refractivity contribution in [1.82, 2.24) is 9.88 Å². The van der Waals surface area contributed by atoms with Crippen LogP contribution in [0, 0.1) is 0 Å². The molecule has 0 aliphatic heterocycles. The molecule has 0 aliphatic carbocycles. The lowest BCUT2D eigenvalue weighted by molar-refractivity contribution is -0.115. The molecule has 1 heterocycles. The van der Waals surface area contributed by atoms with Gasteiger partial charge in [0.05, 0.1) is 38.8 Å². The van der Waals surface area contributed by atoms with Crippen molar-refractivity contribution in [1.29, 1.82) is 0 Å². The fraction of sp³-hybridized carbons (Fsp3) is 0.257. The van der Waals surface area contributed by atoms with Gasteiger partial charge in [-0.25, -0.2) is 0 Å². The molecule has 4 aromatic carbocycles. The summed E-state index contributed by atoms with van der Waals surface area (Å²) < 4.78 is 16.2. The van der Waals surface area contributed by atoms with Crippen molar-refractivity contribution in [2.45, 2.75) is 25.8 Å². The number of pyridine rings is 1. The van der Waals surface area contributed by atoms with E-state index in [4.69, 9.17) is 14.2 Å². The Kier molecular flexibility index (Phi) is 9.27. The summed E-state index contributed by atoms with van der Waals surface area (Å²) in [5.74, 6) is 1.89. The van der Waals surface area contributed by atoms with Crippen LogP contribution in [0.25, 0.3) is 21.8 Å². The SMILES string of the molecule is COc1ccc(CN(C)CCCc2cccc(NC(=O)Cc3cccc4c(=O)c5cccc(OC)c5[nH]c34)c2)cc1OC. The van der Waals surface area contributed by atoms with Crippen molar-refractivity contribution >= 4 is 33.4 Å². The molecule has 0 spiro atoms. The van der Waals surface area contributed by atoms with Gasteiger partial charge in [-0.2, -0.15) is 0 Å². The highest BCUT2D eigenvalue weighted by atomic mass is 16.5. The molecular weight excluding hydrogens is 542 g/mol. The first-order valence-electron chi connectivity index (χ1n) is 14.3. The minimum atomic E-state index is -0.153. The van der Waals surface area contributed by atoms with Crippen molar-refractivity contribution < 1.29 is 19.0 Å². The van der Waals surface area contributed by atoms with Crippen LogP contribution in [0.2, 0.25) is 0 Å². The summed E-state index contributed by atoms with van der Waals surface area (Å²) in [6, 6.07) is 24.8. The molecule has 0 aliphatic rings. The summed E-state index contributed by atoms with van der Waals surface area (Å²) in [6.45, 7) is 1.72. The zero-order chi connectivity index (χ0) is 30.3. The summed E-state index contributed by atoms with van der Waals surface area (Å²) in [6.07, 6.45) is 1.99. The van der Waals surface area contributed by atoms with Crippen LogP contribution in [0.4, 0.5) is 5.69 Å². The van der Waals surface area contributed by atoms with Gasteiger partial charge in [0.1, 0.15) is 5.75 Å². The molecule has 0 atom stereocenters. The lowest BCUT2D eigenvalue weighted by atomic mass is 10.0. The molecular formula is C35H37N3O5. The largest absolute Gasteiger partial charge is 0.495 e. The van der Waals surface area contributed by atoms with Crippen LogP contribution < -0.4 is 25.0 Å². The van der Waals surface area contributed by atoms with Gasteiger partial charge in [0.2, 0.25) is 5.91 Å². The molecule has 1 amide bonds. The van der Waals surface area contributed by atoms with Gasteiger partial charge in [-0.05, 0) is 85.6 Å². The average Bonchev–Trinajstić information content (AvgIpc) is 3.01. The summed E-state index contributed by atoms with van der Waals surface area (Å²) in [7, 11) is 6.96. The molecule has 43 heavy (non-hydrogen) atoms. The molecule has 8 nitrogen and oxygen atoms in total. The number of hydrogen-bond acceptors (Lipinski definition) is 6. The van der Waals surface area contributed by atoms with Crippen LogP contribution in [0.3, 0.4) is 0 Å². The Bertz CT molecular complexity index is 1810. The van der Waals surface area contributed by atoms with E-state index < -0.39 is 0 Å². The third-order valence-electron chi connectivity index (χ3n) is 7.60. The number of hydrogen-bond donors (Lipinski definition) is 2. The van der Waals surface area contributed by atoms with E-state index in [1.54, 1.807) is 39.5 Å². The summed E-state index contributed by atoms with van der Waals surface area (Å²) in [5, 5.41) is 4.13. The monoisotopic (exact) mass is 579 g/mol. The highest BCUT2D eigenvalue weighted by Gasteiger charge is 2.14. The van der Waals surface area contributed by atoms with Crippen LogP contribution in [0.5, 0.6) is 17.2 Å². The topological polar surface area (TPSA) is 92.9 Å². The zero-order valence-corrected chi connectivity index (χ0v) is 25.0. The van der Waals surface area contributed by atoms with Gasteiger partial charge in [-0.15, -0.1) is 0 Å². The number of anilines is 1. The van der Waals surface area contributed by atoms with E-state index in [0.717, 1.165) is 59.8 Å². The van der Waals surface area contributed by atoms with Crippen molar-refractivity contribution in [3.05, 3.63) is 106 Å². The number of aromatic nitrogens is 1. The second kappa shape index (κ2) is 13.4. The molecule has 0 unspecified atom stereocenters. The Morgan fingerprint density at radius 1 is 0.791 bits per heavy atom. The lowest BCUT2D eigenvalue weighted by Crippen LogP contribution is -2.19. The number of nitrogens with zero attached hydrogens (tertiary/aromatic N) is 1. The number of aryl methyl sites for hydroxylation is 1. The van der Waals surface area contributed by atoms with E-state index in [0.29, 0.717) is 27.6 Å². The zero-order valence-electron chi connectivity index (χ0n) is 25.0. The number of H-pyrrole nitrogens is 1. The quantitative estimate of drug-likeness (QED) is 0.177. The minimum absolute atomic E-state index is 0.0908. The van der Waals surface area contributed by atoms with Crippen molar-refractivity contribution in [3.63, 3.8) is 0 Å². The molecule has 0 bridgehead atoms. The van der Waals surface area contributed by atoms with E-state index in [1.165, 1.54) is 0 Å². The third-order valence-corrected chi connectivity index (χ3v) is 7.60. The summed E-state index contributed by atoms with van der Waals surface area (Å²) in [4.78, 5) is 32.0. The number of nitrogens with one attached hydrogen (secondary N) is 2. The maximum Gasteiger partial charge on any atom is 0.228 e. The Hall–Kier alpha value is -4.82. The smallest absolute Gasteiger partial charge is 0.228 e. The third kappa shape index (κ3) is 6.81. The van der Waals surface area contributed by atoms with E-state index >= 15 is 0 Å². The number of rotatable bonds is 12. The van der Waals surface area contributed by atoms with E-state index in [1.807, 2.05) is 48.5 Å². The molecule has 8 heteroatoms. The number of carbonyl (C=O) groups excluding carboxylic acids is 1. The normalized spacial score (nSPS) is 11.2. The highest BCUT2D eigenvalue weighted by Crippen LogP contribution is 2.28. The lowest BCUT2D eigenvalue weighted by Gasteiger charge is -2.18. The fourth-order valence-electron chi connectivity index (χ4n) is 5.48. The van der Waals surface area contributed by atoms with Gasteiger partial charge in [-0.1, -0.05) is 36.4 Å². The molecule has 0 saturated heterocycles. The van der Waals surface area contributed by atoms with Crippen LogP contribution in [-0.2, 0) is 24.2 Å². The van der Waals surface area contributed by atoms with Crippen molar-refractivity contribution in [2.75, 3.05) is 40.2 Å². The molecule has 5 aromatic rings. The van der Waals surface area contributed by atoms with Crippen LogP contribution >= 0.6 is 0 Å². The van der Waals surface area contributed by atoms with Gasteiger partial charge in [-0.3, -0.25) is 9.59 Å². The van der Waals surface area contributed by atoms with E-state index in [9.17, 15) is 9.59 Å². The van der Waals surface area contributed by atoms with E-state index in [2.05, 4.69) is 34.4 Å². The Balaban J connectivity index is 1.21. The first kappa shape index (κ1) is 29.7. The highest BCUT2D eigenvalue weighted by molar-refractivity contribution is 5.99. The van der Waals surface area contributed by atoms with Gasteiger partial charge in [0.25, 0.3) is 0 Å². The minimum Gasteiger partial charge on any atom is -0.495 e. The van der Waals surface area contributed by atoms with E-state index in [-0.39, 0.29) is 17.8 Å². The summed E-state index contributed by atoms with van der Waals surface area (Å²) >= 11 is 0. The molecule has 5 rings (SSSR count). The Labute approximate surface area is 251 Å². The Morgan fingerprint density at radius 3 is 2.28 bits per heavy atom. The van der Waals surface area contributed by atoms with Crippen molar-refractivity contribution in [3.8, 4) is 17.2 Å². The number of carbonyl (C=O) groups is 1. The second-order valence-electron chi connectivity index (χ2n) is 10.6. The van der Waals surface area contributed by atoms with Crippen LogP contribution in [-0.4, -0.2) is 50.7 Å². The van der Waals surface area contributed by atoms with Gasteiger partial charge in [0, 0.05) is 23.0 Å². The van der Waals surface area contributed by atoms with Gasteiger partial charge in [0.15, 0.2) is 16.9 Å². The number of fused-ring (bicyclic) bond motifs is 2. The maximum atomic E-state index is 13.2.